The number of likely N-dealkylation sites (tertiary alicyclic amines) is 1. The SMILES string of the molecule is CC(C)(C)OC(=O)N1CCC(c2nc(COc3ccc(-n4cnnn4)cc3F)co2)CC1. The van der Waals surface area contributed by atoms with Crippen molar-refractivity contribution in [3.8, 4) is 11.4 Å². The van der Waals surface area contributed by atoms with Crippen LogP contribution in [-0.2, 0) is 11.3 Å². The number of aromatic nitrogens is 5. The molecule has 0 bridgehead atoms. The lowest BCUT2D eigenvalue weighted by atomic mass is 9.97. The Kier molecular flexibility index (Phi) is 6.06. The number of oxazole rings is 1. The summed E-state index contributed by atoms with van der Waals surface area (Å²) in [5.74, 6) is 0.268. The predicted molar refractivity (Wildman–Crippen MR) is 110 cm³/mol. The molecule has 0 radical (unpaired) electrons. The zero-order valence-electron chi connectivity index (χ0n) is 18.2. The van der Waals surface area contributed by atoms with E-state index in [2.05, 4.69) is 20.5 Å². The van der Waals surface area contributed by atoms with E-state index in [0.29, 0.717) is 30.4 Å². The molecule has 1 amide bonds. The van der Waals surface area contributed by atoms with E-state index in [-0.39, 0.29) is 24.4 Å². The minimum atomic E-state index is -0.531. The van der Waals surface area contributed by atoms with Gasteiger partial charge in [-0.25, -0.2) is 18.9 Å². The first-order chi connectivity index (χ1) is 15.3. The number of carbonyl (C=O) groups excluding carboxylic acids is 1. The summed E-state index contributed by atoms with van der Waals surface area (Å²) in [5, 5.41) is 10.8. The number of hydrogen-bond acceptors (Lipinski definition) is 8. The van der Waals surface area contributed by atoms with Gasteiger partial charge in [0.15, 0.2) is 17.5 Å². The van der Waals surface area contributed by atoms with Gasteiger partial charge in [0.1, 0.15) is 30.5 Å². The highest BCUT2D eigenvalue weighted by atomic mass is 19.1. The smallest absolute Gasteiger partial charge is 0.410 e. The summed E-state index contributed by atoms with van der Waals surface area (Å²) in [6.07, 6.45) is 4.05. The minimum Gasteiger partial charge on any atom is -0.484 e. The van der Waals surface area contributed by atoms with Crippen LogP contribution in [0.25, 0.3) is 5.69 Å². The van der Waals surface area contributed by atoms with Crippen molar-refractivity contribution >= 4 is 6.09 Å². The second-order valence-electron chi connectivity index (χ2n) is 8.58. The zero-order valence-corrected chi connectivity index (χ0v) is 18.2. The van der Waals surface area contributed by atoms with Gasteiger partial charge in [-0.05, 0) is 56.2 Å². The van der Waals surface area contributed by atoms with Crippen molar-refractivity contribution in [1.82, 2.24) is 30.1 Å². The van der Waals surface area contributed by atoms with Crippen molar-refractivity contribution in [2.45, 2.75) is 51.7 Å². The summed E-state index contributed by atoms with van der Waals surface area (Å²) in [6, 6.07) is 4.46. The molecule has 11 heteroatoms. The Hall–Kier alpha value is -3.50. The Morgan fingerprint density at radius 3 is 2.72 bits per heavy atom. The lowest BCUT2D eigenvalue weighted by Crippen LogP contribution is -2.41. The molecule has 0 atom stereocenters. The standard InChI is InChI=1S/C21H25FN6O4/c1-21(2,3)32-20(29)27-8-6-14(7-9-27)19-24-15(12-31-19)11-30-18-5-4-16(10-17(18)22)28-13-23-25-26-28/h4-5,10,12-14H,6-9,11H2,1-3H3. The van der Waals surface area contributed by atoms with Crippen LogP contribution in [0.3, 0.4) is 0 Å². The zero-order chi connectivity index (χ0) is 22.7. The van der Waals surface area contributed by atoms with Crippen molar-refractivity contribution in [1.29, 1.82) is 0 Å². The van der Waals surface area contributed by atoms with Crippen LogP contribution in [0.1, 0.15) is 51.1 Å². The number of benzene rings is 1. The normalized spacial score (nSPS) is 15.1. The van der Waals surface area contributed by atoms with Gasteiger partial charge in [0.2, 0.25) is 0 Å². The molecule has 1 fully saturated rings. The van der Waals surface area contributed by atoms with Crippen LogP contribution in [0.15, 0.2) is 35.2 Å². The number of carbonyl (C=O) groups is 1. The predicted octanol–water partition coefficient (Wildman–Crippen LogP) is 3.48. The first kappa shape index (κ1) is 21.7. The van der Waals surface area contributed by atoms with Crippen molar-refractivity contribution in [2.75, 3.05) is 13.1 Å². The highest BCUT2D eigenvalue weighted by molar-refractivity contribution is 5.68. The van der Waals surface area contributed by atoms with Gasteiger partial charge in [0.25, 0.3) is 0 Å². The monoisotopic (exact) mass is 444 g/mol. The number of halogens is 1. The number of piperidine rings is 1. The topological polar surface area (TPSA) is 108 Å². The van der Waals surface area contributed by atoms with E-state index in [4.69, 9.17) is 13.9 Å². The second-order valence-corrected chi connectivity index (χ2v) is 8.58. The van der Waals surface area contributed by atoms with Crippen LogP contribution in [0, 0.1) is 5.82 Å². The molecule has 4 rings (SSSR count). The van der Waals surface area contributed by atoms with Gasteiger partial charge in [0.05, 0.1) is 5.69 Å². The van der Waals surface area contributed by atoms with E-state index in [0.717, 1.165) is 12.8 Å². The molecule has 1 aliphatic rings. The number of hydrogen-bond donors (Lipinski definition) is 0. The Morgan fingerprint density at radius 1 is 1.28 bits per heavy atom. The molecule has 3 heterocycles. The lowest BCUT2D eigenvalue weighted by Gasteiger charge is -2.32. The molecule has 32 heavy (non-hydrogen) atoms. The molecule has 0 aliphatic carbocycles. The fraction of sp³-hybridized carbons (Fsp3) is 0.476. The molecule has 1 aliphatic heterocycles. The van der Waals surface area contributed by atoms with Crippen LogP contribution in [0.2, 0.25) is 0 Å². The third-order valence-electron chi connectivity index (χ3n) is 4.97. The van der Waals surface area contributed by atoms with Gasteiger partial charge in [-0.2, -0.15) is 0 Å². The first-order valence-corrected chi connectivity index (χ1v) is 10.4. The van der Waals surface area contributed by atoms with Crippen LogP contribution in [0.5, 0.6) is 5.75 Å². The first-order valence-electron chi connectivity index (χ1n) is 10.4. The molecule has 10 nitrogen and oxygen atoms in total. The second kappa shape index (κ2) is 8.93. The van der Waals surface area contributed by atoms with Crippen molar-refractivity contribution in [3.63, 3.8) is 0 Å². The molecule has 1 saturated heterocycles. The van der Waals surface area contributed by atoms with E-state index in [1.165, 1.54) is 29.4 Å². The summed E-state index contributed by atoms with van der Waals surface area (Å²) >= 11 is 0. The molecule has 1 aromatic carbocycles. The maximum Gasteiger partial charge on any atom is 0.410 e. The Bertz CT molecular complexity index is 1050. The quantitative estimate of drug-likeness (QED) is 0.588. The number of ether oxygens (including phenoxy) is 2. The van der Waals surface area contributed by atoms with Crippen molar-refractivity contribution in [3.05, 3.63) is 48.2 Å². The molecule has 0 spiro atoms. The summed E-state index contributed by atoms with van der Waals surface area (Å²) in [7, 11) is 0. The van der Waals surface area contributed by atoms with Gasteiger partial charge in [-0.1, -0.05) is 0 Å². The van der Waals surface area contributed by atoms with Crippen LogP contribution >= 0.6 is 0 Å². The van der Waals surface area contributed by atoms with E-state index in [1.54, 1.807) is 11.0 Å². The summed E-state index contributed by atoms with van der Waals surface area (Å²) in [4.78, 5) is 18.4. The van der Waals surface area contributed by atoms with Crippen LogP contribution in [-0.4, -0.2) is 54.9 Å². The van der Waals surface area contributed by atoms with Crippen LogP contribution < -0.4 is 4.74 Å². The van der Waals surface area contributed by atoms with Gasteiger partial charge in [0, 0.05) is 25.1 Å². The van der Waals surface area contributed by atoms with Crippen LogP contribution in [0.4, 0.5) is 9.18 Å². The Labute approximate surface area is 184 Å². The summed E-state index contributed by atoms with van der Waals surface area (Å²) < 4.78 is 32.3. The van der Waals surface area contributed by atoms with Gasteiger partial charge in [-0.3, -0.25) is 0 Å². The fourth-order valence-electron chi connectivity index (χ4n) is 3.39. The molecule has 2 aromatic heterocycles. The molecule has 3 aromatic rings. The molecule has 0 saturated carbocycles. The third-order valence-corrected chi connectivity index (χ3v) is 4.97. The van der Waals surface area contributed by atoms with E-state index >= 15 is 0 Å². The highest BCUT2D eigenvalue weighted by Crippen LogP contribution is 2.29. The molecule has 0 N–H and O–H groups in total. The van der Waals surface area contributed by atoms with Crippen molar-refractivity contribution < 1.29 is 23.1 Å². The fourth-order valence-corrected chi connectivity index (χ4v) is 3.39. The Morgan fingerprint density at radius 2 is 2.06 bits per heavy atom. The molecule has 0 unspecified atom stereocenters. The van der Waals surface area contributed by atoms with Gasteiger partial charge >= 0.3 is 6.09 Å². The summed E-state index contributed by atoms with van der Waals surface area (Å²) in [5.41, 5.74) is 0.540. The maximum atomic E-state index is 14.4. The van der Waals surface area contributed by atoms with E-state index < -0.39 is 11.4 Å². The van der Waals surface area contributed by atoms with Crippen molar-refractivity contribution in [2.24, 2.45) is 0 Å². The molecular formula is C21H25FN6O4. The number of nitrogens with zero attached hydrogens (tertiary/aromatic N) is 6. The largest absolute Gasteiger partial charge is 0.484 e. The van der Waals surface area contributed by atoms with E-state index in [1.807, 2.05) is 20.8 Å². The van der Waals surface area contributed by atoms with Gasteiger partial charge in [-0.15, -0.1) is 5.10 Å². The number of amides is 1. The lowest BCUT2D eigenvalue weighted by molar-refractivity contribution is 0.0199. The maximum absolute atomic E-state index is 14.4. The van der Waals surface area contributed by atoms with Gasteiger partial charge < -0.3 is 18.8 Å². The highest BCUT2D eigenvalue weighted by Gasteiger charge is 2.29. The van der Waals surface area contributed by atoms with E-state index in [9.17, 15) is 9.18 Å². The average Bonchev–Trinajstić information content (AvgIpc) is 3.44. The summed E-state index contributed by atoms with van der Waals surface area (Å²) in [6.45, 7) is 6.77. The number of rotatable bonds is 5. The molecule has 170 valence electrons. The Balaban J connectivity index is 1.30. The number of tetrazole rings is 1. The third kappa shape index (κ3) is 5.21. The average molecular weight is 444 g/mol. The minimum absolute atomic E-state index is 0.0708. The molecular weight excluding hydrogens is 419 g/mol.